The molecule has 0 aliphatic heterocycles. The monoisotopic (exact) mass is 236 g/mol. The van der Waals surface area contributed by atoms with Crippen LogP contribution < -0.4 is 0 Å². The van der Waals surface area contributed by atoms with Crippen LogP contribution in [0.5, 0.6) is 5.75 Å². The molecule has 0 aliphatic rings. The molecule has 0 aromatic heterocycles. The first-order valence-corrected chi connectivity index (χ1v) is 5.95. The largest absolute Gasteiger partial charge is 0.508 e. The molecule has 90 valence electrons. The number of benzene rings is 2. The molecule has 0 bridgehead atoms. The van der Waals surface area contributed by atoms with E-state index in [4.69, 9.17) is 0 Å². The number of phenolic OH excluding ortho intramolecular Hbond substituents is 1. The standard InChI is InChI=1S/C17H16O/c1-14-13-16(11-12-17(14)18)10-6-5-9-15-7-3-2-4-8-15/h2-13,18H,1H3. The van der Waals surface area contributed by atoms with Crippen LogP contribution in [0.1, 0.15) is 16.7 Å². The van der Waals surface area contributed by atoms with Crippen molar-refractivity contribution in [1.82, 2.24) is 0 Å². The van der Waals surface area contributed by atoms with Crippen LogP contribution in [0.15, 0.2) is 60.7 Å². The van der Waals surface area contributed by atoms with E-state index in [0.29, 0.717) is 5.75 Å². The molecule has 0 spiro atoms. The van der Waals surface area contributed by atoms with Gasteiger partial charge in [0.05, 0.1) is 0 Å². The van der Waals surface area contributed by atoms with Crippen molar-refractivity contribution in [2.75, 3.05) is 0 Å². The summed E-state index contributed by atoms with van der Waals surface area (Å²) in [4.78, 5) is 0. The molecule has 0 heterocycles. The molecular weight excluding hydrogens is 220 g/mol. The Balaban J connectivity index is 2.03. The van der Waals surface area contributed by atoms with Crippen LogP contribution in [0.25, 0.3) is 12.2 Å². The van der Waals surface area contributed by atoms with Crippen LogP contribution in [0.4, 0.5) is 0 Å². The Hall–Kier alpha value is -2.28. The lowest BCUT2D eigenvalue weighted by atomic mass is 10.1. The molecule has 0 aliphatic carbocycles. The number of rotatable bonds is 3. The summed E-state index contributed by atoms with van der Waals surface area (Å²) in [7, 11) is 0. The van der Waals surface area contributed by atoms with Gasteiger partial charge in [-0.25, -0.2) is 0 Å². The lowest BCUT2D eigenvalue weighted by Gasteiger charge is -1.98. The fraction of sp³-hybridized carbons (Fsp3) is 0.0588. The minimum atomic E-state index is 0.340. The highest BCUT2D eigenvalue weighted by molar-refractivity contribution is 5.58. The first kappa shape index (κ1) is 12.2. The minimum absolute atomic E-state index is 0.340. The van der Waals surface area contributed by atoms with Gasteiger partial charge in [-0.1, -0.05) is 60.7 Å². The Morgan fingerprint density at radius 1 is 0.833 bits per heavy atom. The van der Waals surface area contributed by atoms with Crippen molar-refractivity contribution < 1.29 is 5.11 Å². The lowest BCUT2D eigenvalue weighted by Crippen LogP contribution is -1.76. The van der Waals surface area contributed by atoms with Gasteiger partial charge in [0.25, 0.3) is 0 Å². The third kappa shape index (κ3) is 3.36. The molecule has 0 saturated carbocycles. The van der Waals surface area contributed by atoms with Gasteiger partial charge in [0.2, 0.25) is 0 Å². The van der Waals surface area contributed by atoms with Gasteiger partial charge < -0.3 is 5.11 Å². The van der Waals surface area contributed by atoms with Gasteiger partial charge in [-0.2, -0.15) is 0 Å². The molecule has 0 saturated heterocycles. The molecule has 1 nitrogen and oxygen atoms in total. The molecule has 1 N–H and O–H groups in total. The summed E-state index contributed by atoms with van der Waals surface area (Å²) < 4.78 is 0. The van der Waals surface area contributed by atoms with E-state index in [9.17, 15) is 5.11 Å². The molecule has 1 heteroatoms. The van der Waals surface area contributed by atoms with Crippen molar-refractivity contribution in [3.63, 3.8) is 0 Å². The highest BCUT2D eigenvalue weighted by Crippen LogP contribution is 2.17. The summed E-state index contributed by atoms with van der Waals surface area (Å²) in [5.41, 5.74) is 3.16. The normalized spacial score (nSPS) is 11.4. The van der Waals surface area contributed by atoms with E-state index in [2.05, 4.69) is 18.2 Å². The van der Waals surface area contributed by atoms with Gasteiger partial charge in [-0.15, -0.1) is 0 Å². The van der Waals surface area contributed by atoms with Crippen LogP contribution in [0, 0.1) is 6.92 Å². The Morgan fingerprint density at radius 3 is 2.17 bits per heavy atom. The first-order chi connectivity index (χ1) is 8.75. The van der Waals surface area contributed by atoms with E-state index >= 15 is 0 Å². The number of aromatic hydroxyl groups is 1. The van der Waals surface area contributed by atoms with E-state index in [-0.39, 0.29) is 0 Å². The van der Waals surface area contributed by atoms with Crippen molar-refractivity contribution in [2.45, 2.75) is 6.92 Å². The smallest absolute Gasteiger partial charge is 0.118 e. The van der Waals surface area contributed by atoms with Gasteiger partial charge in [-0.05, 0) is 35.7 Å². The highest BCUT2D eigenvalue weighted by Gasteiger charge is 1.94. The van der Waals surface area contributed by atoms with Crippen LogP contribution in [-0.4, -0.2) is 5.11 Å². The molecule has 0 atom stereocenters. The zero-order valence-corrected chi connectivity index (χ0v) is 10.4. The van der Waals surface area contributed by atoms with E-state index in [1.54, 1.807) is 6.07 Å². The van der Waals surface area contributed by atoms with Crippen molar-refractivity contribution in [3.05, 3.63) is 77.4 Å². The first-order valence-electron chi connectivity index (χ1n) is 5.95. The summed E-state index contributed by atoms with van der Waals surface area (Å²) in [5.74, 6) is 0.340. The summed E-state index contributed by atoms with van der Waals surface area (Å²) in [6, 6.07) is 15.8. The number of aryl methyl sites for hydroxylation is 1. The van der Waals surface area contributed by atoms with E-state index < -0.39 is 0 Å². The number of hydrogen-bond donors (Lipinski definition) is 1. The zero-order valence-electron chi connectivity index (χ0n) is 10.4. The molecule has 2 rings (SSSR count). The summed E-state index contributed by atoms with van der Waals surface area (Å²) in [5, 5.41) is 9.43. The van der Waals surface area contributed by atoms with E-state index in [1.165, 1.54) is 5.56 Å². The van der Waals surface area contributed by atoms with Crippen molar-refractivity contribution in [3.8, 4) is 5.75 Å². The number of hydrogen-bond acceptors (Lipinski definition) is 1. The van der Waals surface area contributed by atoms with Crippen molar-refractivity contribution in [2.24, 2.45) is 0 Å². The maximum absolute atomic E-state index is 9.43. The summed E-state index contributed by atoms with van der Waals surface area (Å²) in [6.07, 6.45) is 8.09. The summed E-state index contributed by atoms with van der Waals surface area (Å²) >= 11 is 0. The van der Waals surface area contributed by atoms with Crippen molar-refractivity contribution in [1.29, 1.82) is 0 Å². The Kier molecular flexibility index (Phi) is 3.98. The van der Waals surface area contributed by atoms with Gasteiger partial charge >= 0.3 is 0 Å². The molecular formula is C17H16O. The molecule has 2 aromatic carbocycles. The molecule has 0 unspecified atom stereocenters. The Morgan fingerprint density at radius 2 is 1.50 bits per heavy atom. The molecule has 0 radical (unpaired) electrons. The van der Waals surface area contributed by atoms with Crippen LogP contribution in [-0.2, 0) is 0 Å². The van der Waals surface area contributed by atoms with Crippen LogP contribution >= 0.6 is 0 Å². The predicted octanol–water partition coefficient (Wildman–Crippen LogP) is 4.43. The lowest BCUT2D eigenvalue weighted by molar-refractivity contribution is 0.471. The van der Waals surface area contributed by atoms with Gasteiger partial charge in [0.15, 0.2) is 0 Å². The van der Waals surface area contributed by atoms with Crippen LogP contribution in [0.3, 0.4) is 0 Å². The topological polar surface area (TPSA) is 20.2 Å². The average Bonchev–Trinajstić information content (AvgIpc) is 2.40. The minimum Gasteiger partial charge on any atom is -0.508 e. The maximum Gasteiger partial charge on any atom is 0.118 e. The Labute approximate surface area is 108 Å². The van der Waals surface area contributed by atoms with Crippen molar-refractivity contribution >= 4 is 12.2 Å². The van der Waals surface area contributed by atoms with E-state index in [1.807, 2.05) is 55.5 Å². The highest BCUT2D eigenvalue weighted by atomic mass is 16.3. The maximum atomic E-state index is 9.43. The van der Waals surface area contributed by atoms with Gasteiger partial charge in [-0.3, -0.25) is 0 Å². The zero-order chi connectivity index (χ0) is 12.8. The van der Waals surface area contributed by atoms with Crippen LogP contribution in [0.2, 0.25) is 0 Å². The molecule has 2 aromatic rings. The second kappa shape index (κ2) is 5.87. The third-order valence-electron chi connectivity index (χ3n) is 2.71. The summed E-state index contributed by atoms with van der Waals surface area (Å²) in [6.45, 7) is 1.90. The Bertz CT molecular complexity index is 565. The number of allylic oxidation sites excluding steroid dienone is 2. The number of phenols is 1. The molecule has 0 fully saturated rings. The predicted molar refractivity (Wildman–Crippen MR) is 77.4 cm³/mol. The fourth-order valence-corrected chi connectivity index (χ4v) is 1.68. The quantitative estimate of drug-likeness (QED) is 0.782. The second-order valence-electron chi connectivity index (χ2n) is 4.17. The van der Waals surface area contributed by atoms with Gasteiger partial charge in [0.1, 0.15) is 5.75 Å². The van der Waals surface area contributed by atoms with Gasteiger partial charge in [0, 0.05) is 0 Å². The second-order valence-corrected chi connectivity index (χ2v) is 4.17. The molecule has 0 amide bonds. The molecule has 18 heavy (non-hydrogen) atoms. The van der Waals surface area contributed by atoms with E-state index in [0.717, 1.165) is 11.1 Å². The average molecular weight is 236 g/mol. The SMILES string of the molecule is Cc1cc(C=CC=Cc2ccccc2)ccc1O. The fourth-order valence-electron chi connectivity index (χ4n) is 1.68. The third-order valence-corrected chi connectivity index (χ3v) is 2.71.